The number of aromatic nitrogens is 3. The van der Waals surface area contributed by atoms with Crippen molar-refractivity contribution in [1.29, 1.82) is 0 Å². The predicted octanol–water partition coefficient (Wildman–Crippen LogP) is 1.84. The zero-order valence-electron chi connectivity index (χ0n) is 14.5. The van der Waals surface area contributed by atoms with Crippen LogP contribution in [0.5, 0.6) is 11.5 Å². The lowest BCUT2D eigenvalue weighted by Crippen LogP contribution is -2.29. The van der Waals surface area contributed by atoms with Crippen LogP contribution < -0.4 is 20.1 Å². The molecule has 9 heteroatoms. The maximum absolute atomic E-state index is 12.5. The number of nitrogens with one attached hydrogen (secondary N) is 2. The van der Waals surface area contributed by atoms with Gasteiger partial charge in [0.15, 0.2) is 17.2 Å². The number of ether oxygens (including phenoxy) is 2. The molecular formula is C17H22ClN5O3. The fraction of sp³-hybridized carbons (Fsp3) is 0.471. The summed E-state index contributed by atoms with van der Waals surface area (Å²) in [5.74, 6) is 1.20. The lowest BCUT2D eigenvalue weighted by molar-refractivity contribution is 0.0934. The Morgan fingerprint density at radius 2 is 2.08 bits per heavy atom. The van der Waals surface area contributed by atoms with E-state index in [1.165, 1.54) is 0 Å². The minimum absolute atomic E-state index is 0. The van der Waals surface area contributed by atoms with Gasteiger partial charge in [-0.1, -0.05) is 11.3 Å². The molecule has 1 aromatic carbocycles. The van der Waals surface area contributed by atoms with Gasteiger partial charge < -0.3 is 20.1 Å². The summed E-state index contributed by atoms with van der Waals surface area (Å²) in [7, 11) is 0. The number of piperidine rings is 1. The Balaban J connectivity index is 0.00000196. The van der Waals surface area contributed by atoms with Gasteiger partial charge in [-0.2, -0.15) is 0 Å². The molecule has 2 aliphatic heterocycles. The smallest absolute Gasteiger partial charge is 0.273 e. The number of hydrogen-bond donors (Lipinski definition) is 2. The first-order valence-electron chi connectivity index (χ1n) is 8.53. The number of amides is 1. The van der Waals surface area contributed by atoms with Crippen LogP contribution in [0.2, 0.25) is 0 Å². The molecule has 1 saturated heterocycles. The molecule has 1 fully saturated rings. The van der Waals surface area contributed by atoms with E-state index in [9.17, 15) is 4.79 Å². The number of halogens is 1. The highest BCUT2D eigenvalue weighted by atomic mass is 35.5. The van der Waals surface area contributed by atoms with Crippen LogP contribution >= 0.6 is 12.4 Å². The van der Waals surface area contributed by atoms with Crippen LogP contribution in [0.15, 0.2) is 24.4 Å². The second-order valence-corrected chi connectivity index (χ2v) is 6.37. The molecule has 0 spiro atoms. The SMILES string of the molecule is CC(NC(=O)c1cn(C2CCNCC2)nn1)c1ccc2c(c1)OCO2.Cl. The second-order valence-electron chi connectivity index (χ2n) is 6.37. The third-order valence-corrected chi connectivity index (χ3v) is 4.67. The summed E-state index contributed by atoms with van der Waals surface area (Å²) in [6, 6.07) is 5.80. The van der Waals surface area contributed by atoms with Crippen LogP contribution in [-0.4, -0.2) is 40.8 Å². The van der Waals surface area contributed by atoms with Crippen molar-refractivity contribution < 1.29 is 14.3 Å². The summed E-state index contributed by atoms with van der Waals surface area (Å²) in [5.41, 5.74) is 1.29. The van der Waals surface area contributed by atoms with Crippen molar-refractivity contribution >= 4 is 18.3 Å². The minimum Gasteiger partial charge on any atom is -0.454 e. The van der Waals surface area contributed by atoms with Crippen LogP contribution in [0.4, 0.5) is 0 Å². The molecule has 1 atom stereocenters. The zero-order valence-corrected chi connectivity index (χ0v) is 15.3. The van der Waals surface area contributed by atoms with Gasteiger partial charge >= 0.3 is 0 Å². The molecule has 2 N–H and O–H groups in total. The van der Waals surface area contributed by atoms with E-state index in [0.29, 0.717) is 17.5 Å². The van der Waals surface area contributed by atoms with Gasteiger partial charge in [0, 0.05) is 0 Å². The fourth-order valence-corrected chi connectivity index (χ4v) is 3.17. The van der Waals surface area contributed by atoms with E-state index in [1.54, 1.807) is 10.9 Å². The number of hydrogen-bond acceptors (Lipinski definition) is 6. The number of carbonyl (C=O) groups excluding carboxylic acids is 1. The zero-order chi connectivity index (χ0) is 17.2. The topological polar surface area (TPSA) is 90.3 Å². The summed E-state index contributed by atoms with van der Waals surface area (Å²) in [6.07, 6.45) is 3.73. The second kappa shape index (κ2) is 7.92. The Hall–Kier alpha value is -2.32. The number of nitrogens with zero attached hydrogens (tertiary/aromatic N) is 3. The van der Waals surface area contributed by atoms with E-state index >= 15 is 0 Å². The van der Waals surface area contributed by atoms with Crippen molar-refractivity contribution in [1.82, 2.24) is 25.6 Å². The molecule has 1 unspecified atom stereocenters. The van der Waals surface area contributed by atoms with E-state index in [1.807, 2.05) is 25.1 Å². The quantitative estimate of drug-likeness (QED) is 0.842. The Labute approximate surface area is 157 Å². The average Bonchev–Trinajstić information content (AvgIpc) is 3.31. The monoisotopic (exact) mass is 379 g/mol. The Morgan fingerprint density at radius 1 is 1.31 bits per heavy atom. The highest BCUT2D eigenvalue weighted by molar-refractivity contribution is 5.92. The summed E-state index contributed by atoms with van der Waals surface area (Å²) < 4.78 is 12.5. The minimum atomic E-state index is -0.231. The molecule has 1 aromatic heterocycles. The third-order valence-electron chi connectivity index (χ3n) is 4.67. The van der Waals surface area contributed by atoms with Gasteiger partial charge in [-0.3, -0.25) is 4.79 Å². The van der Waals surface area contributed by atoms with Gasteiger partial charge in [0.1, 0.15) is 0 Å². The van der Waals surface area contributed by atoms with Crippen molar-refractivity contribution in [2.24, 2.45) is 0 Å². The van der Waals surface area contributed by atoms with Crippen molar-refractivity contribution in [3.63, 3.8) is 0 Å². The van der Waals surface area contributed by atoms with Crippen LogP contribution in [0, 0.1) is 0 Å². The molecule has 8 nitrogen and oxygen atoms in total. The fourth-order valence-electron chi connectivity index (χ4n) is 3.17. The average molecular weight is 380 g/mol. The molecule has 0 saturated carbocycles. The summed E-state index contributed by atoms with van der Waals surface area (Å²) >= 11 is 0. The number of carbonyl (C=O) groups is 1. The predicted molar refractivity (Wildman–Crippen MR) is 96.9 cm³/mol. The van der Waals surface area contributed by atoms with Gasteiger partial charge in [-0.25, -0.2) is 4.68 Å². The van der Waals surface area contributed by atoms with Crippen LogP contribution in [-0.2, 0) is 0 Å². The molecule has 26 heavy (non-hydrogen) atoms. The molecule has 3 heterocycles. The van der Waals surface area contributed by atoms with Crippen molar-refractivity contribution in [3.05, 3.63) is 35.7 Å². The Bertz CT molecular complexity index is 776. The highest BCUT2D eigenvalue weighted by Crippen LogP contribution is 2.34. The van der Waals surface area contributed by atoms with Crippen LogP contribution in [0.1, 0.15) is 47.9 Å². The standard InChI is InChI=1S/C17H21N5O3.ClH/c1-11(12-2-3-15-16(8-12)25-10-24-15)19-17(23)14-9-22(21-20-14)13-4-6-18-7-5-13;/h2-3,8-9,11,13,18H,4-7,10H2,1H3,(H,19,23);1H. The van der Waals surface area contributed by atoms with Gasteiger partial charge in [0.05, 0.1) is 18.3 Å². The maximum atomic E-state index is 12.5. The lowest BCUT2D eigenvalue weighted by atomic mass is 10.1. The largest absolute Gasteiger partial charge is 0.454 e. The van der Waals surface area contributed by atoms with Crippen LogP contribution in [0.3, 0.4) is 0 Å². The molecule has 0 aliphatic carbocycles. The Kier molecular flexibility index (Phi) is 5.63. The first-order chi connectivity index (χ1) is 12.2. The summed E-state index contributed by atoms with van der Waals surface area (Å²) in [6.45, 7) is 4.09. The third kappa shape index (κ3) is 3.76. The number of rotatable bonds is 4. The summed E-state index contributed by atoms with van der Waals surface area (Å²) in [5, 5.41) is 14.4. The van der Waals surface area contributed by atoms with E-state index in [-0.39, 0.29) is 31.1 Å². The molecule has 2 aliphatic rings. The van der Waals surface area contributed by atoms with Crippen LogP contribution in [0.25, 0.3) is 0 Å². The molecular weight excluding hydrogens is 358 g/mol. The molecule has 0 radical (unpaired) electrons. The van der Waals surface area contributed by atoms with E-state index in [2.05, 4.69) is 20.9 Å². The lowest BCUT2D eigenvalue weighted by Gasteiger charge is -2.22. The number of fused-ring (bicyclic) bond motifs is 1. The van der Waals surface area contributed by atoms with Crippen molar-refractivity contribution in [3.8, 4) is 11.5 Å². The normalized spacial score (nSPS) is 17.4. The first-order valence-corrected chi connectivity index (χ1v) is 8.53. The maximum Gasteiger partial charge on any atom is 0.273 e. The van der Waals surface area contributed by atoms with Gasteiger partial charge in [0.2, 0.25) is 6.79 Å². The number of benzene rings is 1. The highest BCUT2D eigenvalue weighted by Gasteiger charge is 2.21. The van der Waals surface area contributed by atoms with E-state index in [4.69, 9.17) is 9.47 Å². The van der Waals surface area contributed by atoms with Crippen molar-refractivity contribution in [2.45, 2.75) is 31.8 Å². The summed E-state index contributed by atoms with van der Waals surface area (Å²) in [4.78, 5) is 12.5. The van der Waals surface area contributed by atoms with Gasteiger partial charge in [-0.15, -0.1) is 17.5 Å². The van der Waals surface area contributed by atoms with Gasteiger partial charge in [0.25, 0.3) is 5.91 Å². The van der Waals surface area contributed by atoms with E-state index in [0.717, 1.165) is 37.2 Å². The first kappa shape index (κ1) is 18.5. The van der Waals surface area contributed by atoms with Crippen molar-refractivity contribution in [2.75, 3.05) is 19.9 Å². The molecule has 1 amide bonds. The Morgan fingerprint density at radius 3 is 2.88 bits per heavy atom. The molecule has 0 bridgehead atoms. The molecule has 4 rings (SSSR count). The molecule has 2 aromatic rings. The molecule has 140 valence electrons. The van der Waals surface area contributed by atoms with Gasteiger partial charge in [-0.05, 0) is 50.6 Å². The van der Waals surface area contributed by atoms with E-state index < -0.39 is 0 Å².